The third kappa shape index (κ3) is 4.40. The average Bonchev–Trinajstić information content (AvgIpc) is 3.68. The summed E-state index contributed by atoms with van der Waals surface area (Å²) in [6, 6.07) is 10.4. The van der Waals surface area contributed by atoms with Gasteiger partial charge in [-0.2, -0.15) is 9.49 Å². The molecule has 38 heavy (non-hydrogen) atoms. The lowest BCUT2D eigenvalue weighted by Gasteiger charge is -2.23. The van der Waals surface area contributed by atoms with Crippen LogP contribution in [-0.2, 0) is 13.6 Å². The van der Waals surface area contributed by atoms with Gasteiger partial charge in [0.15, 0.2) is 0 Å². The van der Waals surface area contributed by atoms with Crippen molar-refractivity contribution >= 4 is 45.1 Å². The number of aryl methyl sites for hydroxylation is 1. The van der Waals surface area contributed by atoms with Crippen LogP contribution in [0.5, 0.6) is 0 Å². The number of carbonyl (C=O) groups is 1. The Morgan fingerprint density at radius 2 is 2.03 bits per heavy atom. The minimum absolute atomic E-state index is 0.116. The molecule has 1 aliphatic rings. The third-order valence-corrected chi connectivity index (χ3v) is 6.85. The average molecular weight is 526 g/mol. The number of anilines is 1. The van der Waals surface area contributed by atoms with Gasteiger partial charge in [-0.3, -0.25) is 14.5 Å². The monoisotopic (exact) mass is 525 g/mol. The fourth-order valence-electron chi connectivity index (χ4n) is 4.44. The van der Waals surface area contributed by atoms with Crippen LogP contribution in [0.1, 0.15) is 40.0 Å². The van der Waals surface area contributed by atoms with Crippen LogP contribution in [0.25, 0.3) is 21.8 Å². The maximum Gasteiger partial charge on any atom is 0.255 e. The highest BCUT2D eigenvalue weighted by Crippen LogP contribution is 2.34. The highest BCUT2D eigenvalue weighted by atomic mass is 35.5. The molecule has 1 saturated carbocycles. The topological polar surface area (TPSA) is 103 Å². The highest BCUT2D eigenvalue weighted by Gasteiger charge is 2.34. The van der Waals surface area contributed by atoms with Crippen LogP contribution in [0.15, 0.2) is 55.0 Å². The summed E-state index contributed by atoms with van der Waals surface area (Å²) in [5.41, 5.74) is 9.46. The summed E-state index contributed by atoms with van der Waals surface area (Å²) in [6.45, 7) is 0.323. The molecule has 0 saturated heterocycles. The predicted octanol–water partition coefficient (Wildman–Crippen LogP) is 4.49. The molecule has 1 fully saturated rings. The molecule has 0 atom stereocenters. The molecule has 1 aromatic carbocycles. The van der Waals surface area contributed by atoms with Crippen molar-refractivity contribution in [2.24, 2.45) is 7.05 Å². The van der Waals surface area contributed by atoms with Crippen molar-refractivity contribution in [1.82, 2.24) is 29.6 Å². The van der Waals surface area contributed by atoms with Gasteiger partial charge in [0.1, 0.15) is 5.82 Å². The second-order valence-corrected chi connectivity index (χ2v) is 9.58. The molecule has 4 aromatic heterocycles. The molecule has 2 N–H and O–H groups in total. The highest BCUT2D eigenvalue weighted by molar-refractivity contribution is 6.35. The molecule has 8 nitrogen and oxygen atoms in total. The van der Waals surface area contributed by atoms with E-state index < -0.39 is 5.95 Å². The zero-order valence-electron chi connectivity index (χ0n) is 20.3. The summed E-state index contributed by atoms with van der Waals surface area (Å²) in [5, 5.41) is 6.09. The Bertz CT molecular complexity index is 1790. The van der Waals surface area contributed by atoms with Crippen LogP contribution in [0, 0.1) is 17.8 Å². The molecule has 0 unspecified atom stereocenters. The van der Waals surface area contributed by atoms with Crippen molar-refractivity contribution in [2.75, 3.05) is 5.73 Å². The number of nitrogen functional groups attached to an aromatic ring is 1. The first-order chi connectivity index (χ1) is 18.4. The number of hydrogen-bond acceptors (Lipinski definition) is 6. The Kier molecular flexibility index (Phi) is 5.89. The summed E-state index contributed by atoms with van der Waals surface area (Å²) in [7, 11) is 1.82. The van der Waals surface area contributed by atoms with Crippen LogP contribution >= 0.6 is 11.6 Å². The number of amides is 1. The fraction of sp³-hybridized carbons (Fsp3) is 0.179. The quantitative estimate of drug-likeness (QED) is 0.274. The Hall–Kier alpha value is -4.55. The molecule has 6 rings (SSSR count). The van der Waals surface area contributed by atoms with Gasteiger partial charge in [0.2, 0.25) is 5.95 Å². The van der Waals surface area contributed by atoms with E-state index >= 15 is 0 Å². The number of halogens is 2. The van der Waals surface area contributed by atoms with E-state index in [-0.39, 0.29) is 17.5 Å². The van der Waals surface area contributed by atoms with E-state index in [0.717, 1.165) is 29.1 Å². The van der Waals surface area contributed by atoms with E-state index in [0.29, 0.717) is 39.7 Å². The van der Waals surface area contributed by atoms with Gasteiger partial charge in [-0.25, -0.2) is 9.97 Å². The van der Waals surface area contributed by atoms with Gasteiger partial charge < -0.3 is 10.6 Å². The van der Waals surface area contributed by atoms with Crippen molar-refractivity contribution in [3.05, 3.63) is 88.3 Å². The maximum atomic E-state index is 13.8. The van der Waals surface area contributed by atoms with Gasteiger partial charge in [-0.05, 0) is 49.2 Å². The van der Waals surface area contributed by atoms with E-state index in [2.05, 4.69) is 31.9 Å². The molecule has 0 spiro atoms. The minimum Gasteiger partial charge on any atom is -0.383 e. The number of nitrogens with two attached hydrogens (primary N) is 1. The Labute approximate surface area is 222 Å². The first kappa shape index (κ1) is 23.8. The van der Waals surface area contributed by atoms with E-state index in [1.54, 1.807) is 52.3 Å². The number of fused-ring (bicyclic) bond motifs is 3. The summed E-state index contributed by atoms with van der Waals surface area (Å²) in [4.78, 5) is 28.1. The maximum absolute atomic E-state index is 13.8. The molecule has 4 heterocycles. The molecule has 0 bridgehead atoms. The molecular weight excluding hydrogens is 505 g/mol. The van der Waals surface area contributed by atoms with Crippen LogP contribution in [0.4, 0.5) is 10.2 Å². The fourth-order valence-corrected chi connectivity index (χ4v) is 4.67. The van der Waals surface area contributed by atoms with E-state index in [1.807, 2.05) is 13.1 Å². The summed E-state index contributed by atoms with van der Waals surface area (Å²) >= 11 is 6.59. The first-order valence-corrected chi connectivity index (χ1v) is 12.4. The van der Waals surface area contributed by atoms with Gasteiger partial charge in [0, 0.05) is 36.4 Å². The van der Waals surface area contributed by atoms with Crippen molar-refractivity contribution in [3.63, 3.8) is 0 Å². The Morgan fingerprint density at radius 3 is 2.76 bits per heavy atom. The smallest absolute Gasteiger partial charge is 0.255 e. The van der Waals surface area contributed by atoms with Crippen LogP contribution < -0.4 is 5.73 Å². The standard InChI is InChI=1S/C28H21ClFN7O/c1-36-25-21-11-20(23(29)12-24(21)35-27(31)22(25)14-34-36)28(38)37(19-8-9-19)15-18-7-5-16(13-33-18)4-6-17-3-2-10-32-26(17)30/h2-3,5,7,10-14,19H,8-9,15H2,1H3,(H2,31,35). The zero-order chi connectivity index (χ0) is 26.4. The number of aromatic nitrogens is 5. The van der Waals surface area contributed by atoms with Gasteiger partial charge in [-0.15, -0.1) is 0 Å². The number of benzene rings is 1. The van der Waals surface area contributed by atoms with Gasteiger partial charge in [-0.1, -0.05) is 23.4 Å². The van der Waals surface area contributed by atoms with Crippen molar-refractivity contribution in [3.8, 4) is 11.8 Å². The summed E-state index contributed by atoms with van der Waals surface area (Å²) < 4.78 is 15.4. The normalized spacial score (nSPS) is 12.9. The van der Waals surface area contributed by atoms with E-state index in [9.17, 15) is 9.18 Å². The molecule has 10 heteroatoms. The molecule has 1 aliphatic carbocycles. The lowest BCUT2D eigenvalue weighted by Crippen LogP contribution is -2.33. The van der Waals surface area contributed by atoms with E-state index in [4.69, 9.17) is 17.3 Å². The van der Waals surface area contributed by atoms with Gasteiger partial charge >= 0.3 is 0 Å². The molecule has 188 valence electrons. The molecule has 0 radical (unpaired) electrons. The Morgan fingerprint density at radius 1 is 1.18 bits per heavy atom. The Balaban J connectivity index is 1.29. The zero-order valence-corrected chi connectivity index (χ0v) is 21.1. The minimum atomic E-state index is -0.612. The molecule has 1 amide bonds. The lowest BCUT2D eigenvalue weighted by atomic mass is 10.1. The van der Waals surface area contributed by atoms with E-state index in [1.165, 1.54) is 6.20 Å². The van der Waals surface area contributed by atoms with Gasteiger partial charge in [0.25, 0.3) is 5.91 Å². The lowest BCUT2D eigenvalue weighted by molar-refractivity contribution is 0.0728. The largest absolute Gasteiger partial charge is 0.383 e. The summed E-state index contributed by atoms with van der Waals surface area (Å²) in [6.07, 6.45) is 6.49. The number of rotatable bonds is 4. The first-order valence-electron chi connectivity index (χ1n) is 12.0. The van der Waals surface area contributed by atoms with Gasteiger partial charge in [0.05, 0.1) is 51.0 Å². The molecule has 0 aliphatic heterocycles. The van der Waals surface area contributed by atoms with Crippen LogP contribution in [-0.4, -0.2) is 41.6 Å². The summed E-state index contributed by atoms with van der Waals surface area (Å²) in [5.74, 6) is 5.24. The third-order valence-electron chi connectivity index (χ3n) is 6.53. The molecular formula is C28H21ClFN7O. The SMILES string of the molecule is Cn1ncc2c(N)nc3cc(Cl)c(C(=O)N(Cc4ccc(C#Cc5cccnc5F)cn4)C4CC4)cc3c21. The van der Waals surface area contributed by atoms with Crippen molar-refractivity contribution in [2.45, 2.75) is 25.4 Å². The van der Waals surface area contributed by atoms with Crippen molar-refractivity contribution in [1.29, 1.82) is 0 Å². The van der Waals surface area contributed by atoms with Crippen LogP contribution in [0.2, 0.25) is 5.02 Å². The second kappa shape index (κ2) is 9.39. The van der Waals surface area contributed by atoms with Crippen LogP contribution in [0.3, 0.4) is 0 Å². The second-order valence-electron chi connectivity index (χ2n) is 9.17. The molecule has 5 aromatic rings. The number of hydrogen-bond donors (Lipinski definition) is 1. The predicted molar refractivity (Wildman–Crippen MR) is 143 cm³/mol. The number of pyridine rings is 3. The number of nitrogens with zero attached hydrogens (tertiary/aromatic N) is 6. The number of carbonyl (C=O) groups excluding carboxylic acids is 1. The van der Waals surface area contributed by atoms with Crippen molar-refractivity contribution < 1.29 is 9.18 Å².